The molecule has 1 fully saturated rings. The highest BCUT2D eigenvalue weighted by Gasteiger charge is 2.22. The Labute approximate surface area is 205 Å². The summed E-state index contributed by atoms with van der Waals surface area (Å²) in [7, 11) is 0. The summed E-state index contributed by atoms with van der Waals surface area (Å²) in [6.07, 6.45) is 3.21. The monoisotopic (exact) mass is 473 g/mol. The molecule has 2 amide bonds. The number of rotatable bonds is 4. The smallest absolute Gasteiger partial charge is 0.323 e. The zero-order valence-corrected chi connectivity index (χ0v) is 20.3. The number of amides is 2. The molecule has 9 heteroatoms. The Morgan fingerprint density at radius 2 is 1.77 bits per heavy atom. The van der Waals surface area contributed by atoms with Gasteiger partial charge in [-0.3, -0.25) is 10.4 Å². The van der Waals surface area contributed by atoms with Gasteiger partial charge in [-0.25, -0.2) is 9.79 Å². The zero-order valence-electron chi connectivity index (χ0n) is 20.3. The fourth-order valence-electron chi connectivity index (χ4n) is 3.65. The van der Waals surface area contributed by atoms with E-state index in [4.69, 9.17) is 15.1 Å². The van der Waals surface area contributed by atoms with Crippen molar-refractivity contribution in [2.24, 2.45) is 4.99 Å². The lowest BCUT2D eigenvalue weighted by Crippen LogP contribution is -2.41. The Kier molecular flexibility index (Phi) is 7.26. The van der Waals surface area contributed by atoms with Crippen molar-refractivity contribution in [1.29, 1.82) is 5.41 Å². The first kappa shape index (κ1) is 24.2. The number of hydrogen-bond acceptors (Lipinski definition) is 4. The third-order valence-corrected chi connectivity index (χ3v) is 5.60. The molecule has 9 nitrogen and oxygen atoms in total. The third-order valence-electron chi connectivity index (χ3n) is 5.60. The normalized spacial score (nSPS) is 14.5. The lowest BCUT2D eigenvalue weighted by molar-refractivity contribution is 0.0682. The average Bonchev–Trinajstić information content (AvgIpc) is 3.35. The Hall–Kier alpha value is -3.98. The molecule has 0 radical (unpaired) electrons. The molecule has 4 N–H and O–H groups in total. The first-order chi connectivity index (χ1) is 16.8. The standard InChI is InChI=1S/C26H31N7O2/c1-26(2,3)22-11-10-21(31-22)24(33-13-15-35-16-14-33)32-23(27)18-6-8-19(9-7-18)29-25(34)30-20-5-4-12-28-17-20/h4-12,17,27,31H,13-16H2,1-3H3,(H2,29,30,34)/b27-23?,32-24+. The van der Waals surface area contributed by atoms with Crippen LogP contribution in [0.2, 0.25) is 0 Å². The van der Waals surface area contributed by atoms with Crippen molar-refractivity contribution in [3.8, 4) is 0 Å². The number of aliphatic imine (C=N–C) groups is 1. The number of nitrogens with one attached hydrogen (secondary N) is 4. The SMILES string of the molecule is CC(C)(C)c1ccc(/C(=N\C(=N)c2ccc(NC(=O)Nc3cccnc3)cc2)N2CCOCC2)[nH]1. The topological polar surface area (TPSA) is 118 Å². The van der Waals surface area contributed by atoms with Crippen LogP contribution in [0.25, 0.3) is 0 Å². The summed E-state index contributed by atoms with van der Waals surface area (Å²) in [5.74, 6) is 0.872. The molecule has 4 rings (SSSR count). The van der Waals surface area contributed by atoms with Gasteiger partial charge in [0.25, 0.3) is 0 Å². The van der Waals surface area contributed by atoms with Gasteiger partial charge in [-0.15, -0.1) is 0 Å². The van der Waals surface area contributed by atoms with Crippen molar-refractivity contribution >= 4 is 29.1 Å². The maximum atomic E-state index is 12.2. The largest absolute Gasteiger partial charge is 0.378 e. The van der Waals surface area contributed by atoms with Crippen LogP contribution < -0.4 is 10.6 Å². The molecule has 1 aliphatic heterocycles. The van der Waals surface area contributed by atoms with Crippen molar-refractivity contribution in [2.75, 3.05) is 36.9 Å². The predicted molar refractivity (Wildman–Crippen MR) is 139 cm³/mol. The van der Waals surface area contributed by atoms with Crippen LogP contribution in [-0.2, 0) is 10.2 Å². The summed E-state index contributed by atoms with van der Waals surface area (Å²) in [6.45, 7) is 9.14. The van der Waals surface area contributed by atoms with Gasteiger partial charge in [0.1, 0.15) is 0 Å². The van der Waals surface area contributed by atoms with Crippen LogP contribution in [0.4, 0.5) is 16.2 Å². The molecule has 0 unspecified atom stereocenters. The number of ether oxygens (including phenoxy) is 1. The fourth-order valence-corrected chi connectivity index (χ4v) is 3.65. The van der Waals surface area contributed by atoms with Gasteiger partial charge in [0, 0.05) is 41.6 Å². The van der Waals surface area contributed by atoms with Gasteiger partial charge in [-0.2, -0.15) is 0 Å². The number of aromatic nitrogens is 2. The minimum absolute atomic E-state index is 0.0198. The molecule has 35 heavy (non-hydrogen) atoms. The van der Waals surface area contributed by atoms with E-state index in [0.29, 0.717) is 43.2 Å². The van der Waals surface area contributed by atoms with Crippen molar-refractivity contribution < 1.29 is 9.53 Å². The predicted octanol–water partition coefficient (Wildman–Crippen LogP) is 4.46. The number of hydrogen-bond donors (Lipinski definition) is 4. The summed E-state index contributed by atoms with van der Waals surface area (Å²) in [6, 6.07) is 14.3. The minimum atomic E-state index is -0.366. The zero-order chi connectivity index (χ0) is 24.8. The number of benzene rings is 1. The average molecular weight is 474 g/mol. The van der Waals surface area contributed by atoms with Crippen LogP contribution >= 0.6 is 0 Å². The quantitative estimate of drug-likeness (QED) is 0.330. The summed E-state index contributed by atoms with van der Waals surface area (Å²) < 4.78 is 5.51. The summed E-state index contributed by atoms with van der Waals surface area (Å²) >= 11 is 0. The van der Waals surface area contributed by atoms with Gasteiger partial charge in [-0.1, -0.05) is 20.8 Å². The molecule has 0 saturated carbocycles. The number of carbonyl (C=O) groups excluding carboxylic acids is 1. The molecule has 0 bridgehead atoms. The number of nitrogens with zero attached hydrogens (tertiary/aromatic N) is 3. The molecular formula is C26H31N7O2. The maximum Gasteiger partial charge on any atom is 0.323 e. The second-order valence-electron chi connectivity index (χ2n) is 9.32. The van der Waals surface area contributed by atoms with Gasteiger partial charge in [0.05, 0.1) is 30.8 Å². The summed E-state index contributed by atoms with van der Waals surface area (Å²) in [5.41, 5.74) is 3.84. The van der Waals surface area contributed by atoms with Crippen molar-refractivity contribution in [3.05, 3.63) is 77.9 Å². The Bertz CT molecular complexity index is 1190. The van der Waals surface area contributed by atoms with Crippen LogP contribution in [0.15, 0.2) is 65.9 Å². The van der Waals surface area contributed by atoms with E-state index in [-0.39, 0.29) is 17.3 Å². The van der Waals surface area contributed by atoms with Gasteiger partial charge in [0.15, 0.2) is 11.7 Å². The van der Waals surface area contributed by atoms with Crippen LogP contribution in [0.3, 0.4) is 0 Å². The summed E-state index contributed by atoms with van der Waals surface area (Å²) in [5, 5.41) is 14.2. The molecule has 3 heterocycles. The van der Waals surface area contributed by atoms with E-state index in [1.54, 1.807) is 48.8 Å². The van der Waals surface area contributed by atoms with Gasteiger partial charge in [-0.05, 0) is 48.5 Å². The van der Waals surface area contributed by atoms with Crippen LogP contribution in [0, 0.1) is 5.41 Å². The first-order valence-electron chi connectivity index (χ1n) is 11.6. The molecule has 1 saturated heterocycles. The summed E-state index contributed by atoms with van der Waals surface area (Å²) in [4.78, 5) is 26.5. The Morgan fingerprint density at radius 1 is 1.06 bits per heavy atom. The Balaban J connectivity index is 1.50. The lowest BCUT2D eigenvalue weighted by atomic mass is 9.93. The molecule has 182 valence electrons. The maximum absolute atomic E-state index is 12.2. The molecule has 0 aliphatic carbocycles. The number of morpholine rings is 1. The molecular weight excluding hydrogens is 442 g/mol. The van der Waals surface area contributed by atoms with Crippen LogP contribution in [0.5, 0.6) is 0 Å². The number of anilines is 2. The van der Waals surface area contributed by atoms with Crippen molar-refractivity contribution in [2.45, 2.75) is 26.2 Å². The van der Waals surface area contributed by atoms with Gasteiger partial charge >= 0.3 is 6.03 Å². The van der Waals surface area contributed by atoms with E-state index >= 15 is 0 Å². The molecule has 1 aliphatic rings. The van der Waals surface area contributed by atoms with E-state index in [2.05, 4.69) is 52.3 Å². The number of aromatic amines is 1. The van der Waals surface area contributed by atoms with Crippen LogP contribution in [-0.4, -0.2) is 58.9 Å². The van der Waals surface area contributed by atoms with Crippen LogP contribution in [0.1, 0.15) is 37.7 Å². The number of carbonyl (C=O) groups is 1. The van der Waals surface area contributed by atoms with Gasteiger partial charge < -0.3 is 25.3 Å². The molecule has 3 aromatic rings. The van der Waals surface area contributed by atoms with Crippen molar-refractivity contribution in [1.82, 2.24) is 14.9 Å². The fraction of sp³-hybridized carbons (Fsp3) is 0.308. The highest BCUT2D eigenvalue weighted by atomic mass is 16.5. The third kappa shape index (κ3) is 6.33. The highest BCUT2D eigenvalue weighted by molar-refractivity contribution is 6.10. The lowest BCUT2D eigenvalue weighted by Gasteiger charge is -2.29. The number of H-pyrrole nitrogens is 1. The van der Waals surface area contributed by atoms with Gasteiger partial charge in [0.2, 0.25) is 0 Å². The second kappa shape index (κ2) is 10.5. The molecule has 1 aromatic carbocycles. The number of urea groups is 1. The van der Waals surface area contributed by atoms with E-state index in [1.165, 1.54) is 0 Å². The first-order valence-corrected chi connectivity index (χ1v) is 11.6. The molecule has 0 atom stereocenters. The minimum Gasteiger partial charge on any atom is -0.378 e. The number of pyridine rings is 1. The highest BCUT2D eigenvalue weighted by Crippen LogP contribution is 2.22. The Morgan fingerprint density at radius 3 is 2.40 bits per heavy atom. The van der Waals surface area contributed by atoms with E-state index in [0.717, 1.165) is 17.2 Å². The molecule has 2 aromatic heterocycles. The van der Waals surface area contributed by atoms with Crippen molar-refractivity contribution in [3.63, 3.8) is 0 Å². The molecule has 0 spiro atoms. The van der Waals surface area contributed by atoms with E-state index < -0.39 is 0 Å². The van der Waals surface area contributed by atoms with E-state index in [9.17, 15) is 4.79 Å². The van der Waals surface area contributed by atoms with E-state index in [1.807, 2.05) is 6.07 Å². The second-order valence-corrected chi connectivity index (χ2v) is 9.32. The number of amidine groups is 2.